The molecule has 0 aromatic carbocycles. The van der Waals surface area contributed by atoms with Gasteiger partial charge in [-0.25, -0.2) is 0 Å². The number of hydrogen-bond acceptors (Lipinski definition) is 4. The zero-order chi connectivity index (χ0) is 12.5. The van der Waals surface area contributed by atoms with Crippen LogP contribution in [0.3, 0.4) is 0 Å². The van der Waals surface area contributed by atoms with Crippen molar-refractivity contribution in [2.24, 2.45) is 22.9 Å². The Morgan fingerprint density at radius 2 is 2.22 bits per heavy atom. The van der Waals surface area contributed by atoms with Gasteiger partial charge in [0, 0.05) is 12.3 Å². The molecule has 18 heavy (non-hydrogen) atoms. The minimum absolute atomic E-state index is 0.114. The van der Waals surface area contributed by atoms with Crippen LogP contribution in [0.2, 0.25) is 0 Å². The molecule has 100 valence electrons. The Hall–Kier alpha value is -1.06. The SMILES string of the molecule is COC(=O)CCCCC1=NO[C@H]2[C@@H]3CC[C@@H](C3)[C@@H]12. The minimum Gasteiger partial charge on any atom is -0.469 e. The highest BCUT2D eigenvalue weighted by Gasteiger charge is 2.53. The van der Waals surface area contributed by atoms with Gasteiger partial charge >= 0.3 is 5.97 Å². The van der Waals surface area contributed by atoms with Crippen LogP contribution >= 0.6 is 0 Å². The number of rotatable bonds is 5. The number of hydrogen-bond donors (Lipinski definition) is 0. The third kappa shape index (κ3) is 2.02. The molecule has 2 saturated carbocycles. The second kappa shape index (κ2) is 4.90. The Morgan fingerprint density at radius 1 is 1.39 bits per heavy atom. The van der Waals surface area contributed by atoms with Crippen LogP contribution in [-0.4, -0.2) is 24.9 Å². The number of ether oxygens (including phenoxy) is 1. The lowest BCUT2D eigenvalue weighted by Gasteiger charge is -2.22. The monoisotopic (exact) mass is 251 g/mol. The summed E-state index contributed by atoms with van der Waals surface area (Å²) in [6, 6.07) is 0. The summed E-state index contributed by atoms with van der Waals surface area (Å²) in [7, 11) is 1.44. The van der Waals surface area contributed by atoms with Crippen LogP contribution in [0, 0.1) is 17.8 Å². The summed E-state index contributed by atoms with van der Waals surface area (Å²) in [6.45, 7) is 0. The average Bonchev–Trinajstić information content (AvgIpc) is 3.06. The third-order valence-corrected chi connectivity index (χ3v) is 4.81. The van der Waals surface area contributed by atoms with E-state index < -0.39 is 0 Å². The summed E-state index contributed by atoms with van der Waals surface area (Å²) in [5.74, 6) is 2.07. The van der Waals surface area contributed by atoms with Crippen molar-refractivity contribution in [1.29, 1.82) is 0 Å². The number of esters is 1. The fraction of sp³-hybridized carbons (Fsp3) is 0.857. The van der Waals surface area contributed by atoms with E-state index in [0.717, 1.165) is 31.1 Å². The molecule has 0 aromatic heterocycles. The summed E-state index contributed by atoms with van der Waals surface area (Å²) in [4.78, 5) is 16.6. The van der Waals surface area contributed by atoms with E-state index in [-0.39, 0.29) is 5.97 Å². The van der Waals surface area contributed by atoms with Crippen LogP contribution in [0.1, 0.15) is 44.9 Å². The molecule has 4 atom stereocenters. The maximum atomic E-state index is 11.0. The van der Waals surface area contributed by atoms with Crippen LogP contribution < -0.4 is 0 Å². The van der Waals surface area contributed by atoms with Crippen molar-refractivity contribution in [3.63, 3.8) is 0 Å². The van der Waals surface area contributed by atoms with E-state index in [1.807, 2.05) is 0 Å². The lowest BCUT2D eigenvalue weighted by Crippen LogP contribution is -2.29. The maximum Gasteiger partial charge on any atom is 0.305 e. The molecular weight excluding hydrogens is 230 g/mol. The molecule has 0 aromatic rings. The Balaban J connectivity index is 1.45. The van der Waals surface area contributed by atoms with Gasteiger partial charge in [-0.3, -0.25) is 4.79 Å². The van der Waals surface area contributed by atoms with Gasteiger partial charge in [0.25, 0.3) is 0 Å². The summed E-state index contributed by atoms with van der Waals surface area (Å²) in [5, 5.41) is 4.30. The van der Waals surface area contributed by atoms with E-state index in [0.29, 0.717) is 18.4 Å². The van der Waals surface area contributed by atoms with Gasteiger partial charge in [0.15, 0.2) is 0 Å². The lowest BCUT2D eigenvalue weighted by molar-refractivity contribution is -0.140. The Kier molecular flexibility index (Phi) is 3.27. The summed E-state index contributed by atoms with van der Waals surface area (Å²) < 4.78 is 4.64. The summed E-state index contributed by atoms with van der Waals surface area (Å²) >= 11 is 0. The molecule has 0 radical (unpaired) electrons. The molecule has 0 spiro atoms. The van der Waals surface area contributed by atoms with Gasteiger partial charge < -0.3 is 9.57 Å². The normalized spacial score (nSPS) is 36.2. The smallest absolute Gasteiger partial charge is 0.305 e. The number of carbonyl (C=O) groups excluding carboxylic acids is 1. The van der Waals surface area contributed by atoms with Crippen molar-refractivity contribution in [2.75, 3.05) is 7.11 Å². The molecule has 0 amide bonds. The third-order valence-electron chi connectivity index (χ3n) is 4.81. The highest BCUT2D eigenvalue weighted by molar-refractivity contribution is 5.88. The van der Waals surface area contributed by atoms with E-state index in [4.69, 9.17) is 4.84 Å². The van der Waals surface area contributed by atoms with Crippen LogP contribution in [0.15, 0.2) is 5.16 Å². The zero-order valence-corrected chi connectivity index (χ0v) is 10.9. The maximum absolute atomic E-state index is 11.0. The van der Waals surface area contributed by atoms with Crippen LogP contribution in [0.25, 0.3) is 0 Å². The molecular formula is C14H21NO3. The number of fused-ring (bicyclic) bond motifs is 5. The van der Waals surface area contributed by atoms with Gasteiger partial charge in [-0.15, -0.1) is 0 Å². The fourth-order valence-electron chi connectivity index (χ4n) is 3.93. The predicted octanol–water partition coefficient (Wildman–Crippen LogP) is 2.52. The number of methoxy groups -OCH3 is 1. The van der Waals surface area contributed by atoms with E-state index in [1.54, 1.807) is 0 Å². The van der Waals surface area contributed by atoms with Gasteiger partial charge in [-0.05, 0) is 50.4 Å². The molecule has 1 heterocycles. The quantitative estimate of drug-likeness (QED) is 0.557. The van der Waals surface area contributed by atoms with Crippen molar-refractivity contribution in [3.8, 4) is 0 Å². The molecule has 4 heteroatoms. The molecule has 3 aliphatic rings. The predicted molar refractivity (Wildman–Crippen MR) is 67.1 cm³/mol. The number of nitrogens with zero attached hydrogens (tertiary/aromatic N) is 1. The van der Waals surface area contributed by atoms with Crippen molar-refractivity contribution < 1.29 is 14.4 Å². The average molecular weight is 251 g/mol. The first kappa shape index (κ1) is 12.0. The Labute approximate surface area is 108 Å². The molecule has 0 N–H and O–H groups in total. The second-order valence-electron chi connectivity index (χ2n) is 5.79. The van der Waals surface area contributed by atoms with Crippen molar-refractivity contribution >= 4 is 11.7 Å². The fourth-order valence-corrected chi connectivity index (χ4v) is 3.93. The standard InChI is InChI=1S/C14H21NO3/c1-17-12(16)5-3-2-4-11-13-9-6-7-10(8-9)14(13)18-15-11/h9-10,13-14H,2-8H2,1H3/t9-,10+,13-,14-/m0/s1. The number of carbonyl (C=O) groups is 1. The van der Waals surface area contributed by atoms with Gasteiger partial charge in [0.1, 0.15) is 6.10 Å². The lowest BCUT2D eigenvalue weighted by atomic mass is 9.82. The molecule has 4 nitrogen and oxygen atoms in total. The van der Waals surface area contributed by atoms with Crippen LogP contribution in [0.5, 0.6) is 0 Å². The van der Waals surface area contributed by atoms with Gasteiger partial charge in [-0.2, -0.15) is 0 Å². The summed E-state index contributed by atoms with van der Waals surface area (Å²) in [6.07, 6.45) is 7.82. The van der Waals surface area contributed by atoms with E-state index >= 15 is 0 Å². The first-order chi connectivity index (χ1) is 8.79. The largest absolute Gasteiger partial charge is 0.469 e. The van der Waals surface area contributed by atoms with Crippen molar-refractivity contribution in [1.82, 2.24) is 0 Å². The molecule has 0 unspecified atom stereocenters. The molecule has 1 aliphatic heterocycles. The summed E-state index contributed by atoms with van der Waals surface area (Å²) in [5.41, 5.74) is 1.26. The molecule has 2 bridgehead atoms. The van der Waals surface area contributed by atoms with Crippen LogP contribution in [0.4, 0.5) is 0 Å². The highest BCUT2D eigenvalue weighted by Crippen LogP contribution is 2.52. The van der Waals surface area contributed by atoms with Crippen molar-refractivity contribution in [3.05, 3.63) is 0 Å². The van der Waals surface area contributed by atoms with E-state index in [2.05, 4.69) is 9.89 Å². The van der Waals surface area contributed by atoms with Gasteiger partial charge in [-0.1, -0.05) is 5.16 Å². The molecule has 2 fully saturated rings. The van der Waals surface area contributed by atoms with Gasteiger partial charge in [0.2, 0.25) is 0 Å². The van der Waals surface area contributed by atoms with E-state index in [9.17, 15) is 4.79 Å². The van der Waals surface area contributed by atoms with E-state index in [1.165, 1.54) is 32.1 Å². The molecule has 3 rings (SSSR count). The second-order valence-corrected chi connectivity index (χ2v) is 5.79. The Bertz CT molecular complexity index is 366. The molecule has 2 aliphatic carbocycles. The van der Waals surface area contributed by atoms with Crippen molar-refractivity contribution in [2.45, 2.75) is 51.0 Å². The zero-order valence-electron chi connectivity index (χ0n) is 10.9. The number of unbranched alkanes of at least 4 members (excludes halogenated alkanes) is 1. The minimum atomic E-state index is -0.114. The van der Waals surface area contributed by atoms with Gasteiger partial charge in [0.05, 0.1) is 12.8 Å². The topological polar surface area (TPSA) is 47.9 Å². The first-order valence-corrected chi connectivity index (χ1v) is 7.09. The van der Waals surface area contributed by atoms with Crippen LogP contribution in [-0.2, 0) is 14.4 Å². The Morgan fingerprint density at radius 3 is 3.06 bits per heavy atom. The first-order valence-electron chi connectivity index (χ1n) is 7.09. The number of oxime groups is 1. The molecule has 0 saturated heterocycles. The highest BCUT2D eigenvalue weighted by atomic mass is 16.6.